The Bertz CT molecular complexity index is 1520. The summed E-state index contributed by atoms with van der Waals surface area (Å²) in [6.45, 7) is 1.21. The van der Waals surface area contributed by atoms with E-state index < -0.39 is 0 Å². The molecule has 0 saturated carbocycles. The van der Waals surface area contributed by atoms with E-state index >= 15 is 0 Å². The molecule has 43 heavy (non-hydrogen) atoms. The standard InChI is InChI=1S/C36H38O7/c1-38-29-14-17-33(43-30-8-6-7-26(19-30)23-37)28(22-29)13-10-25-11-15-34(39-2)31(20-25)32-21-27(12-16-35(32)40-3)24-42-36-9-4-5-18-41-36/h6-8,11-12,14-17,19-23,36H,4-5,9-10,13,18,24H2,1-3H3. The van der Waals surface area contributed by atoms with E-state index in [1.165, 1.54) is 0 Å². The second kappa shape index (κ2) is 14.7. The average molecular weight is 583 g/mol. The number of hydrogen-bond acceptors (Lipinski definition) is 7. The summed E-state index contributed by atoms with van der Waals surface area (Å²) in [7, 11) is 5.01. The Balaban J connectivity index is 1.38. The minimum absolute atomic E-state index is 0.156. The van der Waals surface area contributed by atoms with E-state index in [1.54, 1.807) is 39.5 Å². The molecule has 7 heteroatoms. The molecule has 0 spiro atoms. The number of hydrogen-bond donors (Lipinski definition) is 0. The summed E-state index contributed by atoms with van der Waals surface area (Å²) in [5, 5.41) is 0. The molecular weight excluding hydrogens is 544 g/mol. The molecule has 1 fully saturated rings. The van der Waals surface area contributed by atoms with Crippen LogP contribution in [0.5, 0.6) is 28.7 Å². The van der Waals surface area contributed by atoms with Crippen molar-refractivity contribution in [1.82, 2.24) is 0 Å². The van der Waals surface area contributed by atoms with Crippen molar-refractivity contribution in [3.63, 3.8) is 0 Å². The van der Waals surface area contributed by atoms with Crippen molar-refractivity contribution in [2.75, 3.05) is 27.9 Å². The summed E-state index contributed by atoms with van der Waals surface area (Å²) >= 11 is 0. The normalized spacial score (nSPS) is 14.6. The van der Waals surface area contributed by atoms with Gasteiger partial charge in [-0.1, -0.05) is 24.3 Å². The van der Waals surface area contributed by atoms with Crippen LogP contribution < -0.4 is 18.9 Å². The van der Waals surface area contributed by atoms with E-state index in [-0.39, 0.29) is 6.29 Å². The van der Waals surface area contributed by atoms with Crippen LogP contribution in [0.2, 0.25) is 0 Å². The number of aldehydes is 1. The predicted octanol–water partition coefficient (Wildman–Crippen LogP) is 7.81. The summed E-state index contributed by atoms with van der Waals surface area (Å²) in [6.07, 6.45) is 5.24. The van der Waals surface area contributed by atoms with E-state index in [2.05, 4.69) is 18.2 Å². The summed E-state index contributed by atoms with van der Waals surface area (Å²) in [4.78, 5) is 11.3. The van der Waals surface area contributed by atoms with Crippen molar-refractivity contribution in [2.45, 2.75) is 45.0 Å². The molecule has 5 rings (SSSR count). The molecule has 1 saturated heterocycles. The maximum absolute atomic E-state index is 11.3. The van der Waals surface area contributed by atoms with Crippen LogP contribution in [-0.4, -0.2) is 40.5 Å². The van der Waals surface area contributed by atoms with Crippen LogP contribution in [0.4, 0.5) is 0 Å². The molecule has 0 bridgehead atoms. The Morgan fingerprint density at radius 2 is 1.49 bits per heavy atom. The van der Waals surface area contributed by atoms with Gasteiger partial charge in [0.2, 0.25) is 0 Å². The SMILES string of the molecule is COc1ccc(Oc2cccc(C=O)c2)c(CCc2ccc(OC)c(-c3cc(COC4CCCCO4)ccc3OC)c2)c1. The molecule has 1 heterocycles. The lowest BCUT2D eigenvalue weighted by molar-refractivity contribution is -0.168. The molecular formula is C36H38O7. The molecule has 1 unspecified atom stereocenters. The monoisotopic (exact) mass is 582 g/mol. The number of rotatable bonds is 13. The smallest absolute Gasteiger partial charge is 0.158 e. The number of benzene rings is 4. The lowest BCUT2D eigenvalue weighted by Gasteiger charge is -2.23. The van der Waals surface area contributed by atoms with Crippen LogP contribution in [0.15, 0.2) is 78.9 Å². The zero-order chi connectivity index (χ0) is 30.0. The second-order valence-corrected chi connectivity index (χ2v) is 10.4. The first kappa shape index (κ1) is 30.1. The summed E-state index contributed by atoms with van der Waals surface area (Å²) in [5.41, 5.74) is 5.61. The summed E-state index contributed by atoms with van der Waals surface area (Å²) in [6, 6.07) is 25.2. The third-order valence-electron chi connectivity index (χ3n) is 7.56. The highest BCUT2D eigenvalue weighted by molar-refractivity contribution is 5.77. The highest BCUT2D eigenvalue weighted by Crippen LogP contribution is 2.38. The molecule has 224 valence electrons. The second-order valence-electron chi connectivity index (χ2n) is 10.4. The topological polar surface area (TPSA) is 72.5 Å². The van der Waals surface area contributed by atoms with Gasteiger partial charge >= 0.3 is 0 Å². The van der Waals surface area contributed by atoms with E-state index in [0.717, 1.165) is 83.6 Å². The number of carbonyl (C=O) groups excluding carboxylic acids is 1. The van der Waals surface area contributed by atoms with Gasteiger partial charge in [-0.2, -0.15) is 0 Å². The van der Waals surface area contributed by atoms with E-state index in [4.69, 9.17) is 28.4 Å². The van der Waals surface area contributed by atoms with Gasteiger partial charge in [0.25, 0.3) is 0 Å². The van der Waals surface area contributed by atoms with Gasteiger partial charge in [-0.25, -0.2) is 0 Å². The molecule has 0 amide bonds. The van der Waals surface area contributed by atoms with Crippen LogP contribution in [0.25, 0.3) is 11.1 Å². The van der Waals surface area contributed by atoms with Gasteiger partial charge in [0.15, 0.2) is 6.29 Å². The minimum atomic E-state index is -0.156. The predicted molar refractivity (Wildman–Crippen MR) is 166 cm³/mol. The summed E-state index contributed by atoms with van der Waals surface area (Å²) in [5.74, 6) is 3.59. The molecule has 0 aromatic heterocycles. The van der Waals surface area contributed by atoms with Crippen molar-refractivity contribution >= 4 is 6.29 Å². The maximum Gasteiger partial charge on any atom is 0.158 e. The van der Waals surface area contributed by atoms with E-state index in [9.17, 15) is 4.79 Å². The lowest BCUT2D eigenvalue weighted by atomic mass is 9.96. The zero-order valence-corrected chi connectivity index (χ0v) is 25.0. The number of ether oxygens (including phenoxy) is 6. The first-order chi connectivity index (χ1) is 21.1. The van der Waals surface area contributed by atoms with E-state index in [1.807, 2.05) is 42.5 Å². The lowest BCUT2D eigenvalue weighted by Crippen LogP contribution is -2.22. The van der Waals surface area contributed by atoms with Crippen molar-refractivity contribution in [3.8, 4) is 39.9 Å². The van der Waals surface area contributed by atoms with Crippen LogP contribution in [0, 0.1) is 0 Å². The largest absolute Gasteiger partial charge is 0.497 e. The van der Waals surface area contributed by atoms with Gasteiger partial charge in [-0.15, -0.1) is 0 Å². The third-order valence-corrected chi connectivity index (χ3v) is 7.56. The zero-order valence-electron chi connectivity index (χ0n) is 25.0. The molecule has 0 aliphatic carbocycles. The Kier molecular flexibility index (Phi) is 10.3. The summed E-state index contributed by atoms with van der Waals surface area (Å²) < 4.78 is 35.0. The molecule has 1 atom stereocenters. The molecule has 0 radical (unpaired) electrons. The maximum atomic E-state index is 11.3. The molecule has 0 N–H and O–H groups in total. The van der Waals surface area contributed by atoms with Crippen LogP contribution in [-0.2, 0) is 28.9 Å². The van der Waals surface area contributed by atoms with Crippen LogP contribution in [0.3, 0.4) is 0 Å². The van der Waals surface area contributed by atoms with Crippen molar-refractivity contribution < 1.29 is 33.2 Å². The fourth-order valence-electron chi connectivity index (χ4n) is 5.24. The van der Waals surface area contributed by atoms with Crippen molar-refractivity contribution in [1.29, 1.82) is 0 Å². The minimum Gasteiger partial charge on any atom is -0.497 e. The Morgan fingerprint density at radius 1 is 0.744 bits per heavy atom. The highest BCUT2D eigenvalue weighted by atomic mass is 16.7. The third kappa shape index (κ3) is 7.74. The fraction of sp³-hybridized carbons (Fsp3) is 0.306. The first-order valence-electron chi connectivity index (χ1n) is 14.6. The van der Waals surface area contributed by atoms with Gasteiger partial charge in [-0.05, 0) is 103 Å². The fourth-order valence-corrected chi connectivity index (χ4v) is 5.24. The number of aryl methyl sites for hydroxylation is 2. The van der Waals surface area contributed by atoms with E-state index in [0.29, 0.717) is 30.1 Å². The molecule has 1 aliphatic heterocycles. The van der Waals surface area contributed by atoms with Gasteiger partial charge in [0.1, 0.15) is 35.0 Å². The van der Waals surface area contributed by atoms with Crippen LogP contribution in [0.1, 0.15) is 46.3 Å². The van der Waals surface area contributed by atoms with Gasteiger partial charge in [0, 0.05) is 23.3 Å². The molecule has 7 nitrogen and oxygen atoms in total. The van der Waals surface area contributed by atoms with Gasteiger partial charge < -0.3 is 28.4 Å². The molecule has 4 aromatic rings. The number of methoxy groups -OCH3 is 3. The highest BCUT2D eigenvalue weighted by Gasteiger charge is 2.17. The Hall–Kier alpha value is -4.33. The number of carbonyl (C=O) groups is 1. The van der Waals surface area contributed by atoms with Crippen molar-refractivity contribution in [2.24, 2.45) is 0 Å². The van der Waals surface area contributed by atoms with Gasteiger partial charge in [0.05, 0.1) is 27.9 Å². The quantitative estimate of drug-likeness (QED) is 0.149. The van der Waals surface area contributed by atoms with Crippen molar-refractivity contribution in [3.05, 3.63) is 101 Å². The van der Waals surface area contributed by atoms with Crippen LogP contribution >= 0.6 is 0 Å². The Labute approximate surface area is 253 Å². The average Bonchev–Trinajstić information content (AvgIpc) is 3.07. The molecule has 4 aromatic carbocycles. The first-order valence-corrected chi connectivity index (χ1v) is 14.6. The van der Waals surface area contributed by atoms with Gasteiger partial charge in [-0.3, -0.25) is 4.79 Å². The molecule has 1 aliphatic rings. The Morgan fingerprint density at radius 3 is 2.19 bits per heavy atom.